The number of hydrogen-bond acceptors (Lipinski definition) is 3. The summed E-state index contributed by atoms with van der Waals surface area (Å²) in [6.45, 7) is 2.87. The SMILES string of the molecule is CSc1ccc(C(C)NCC2(O)CCCC2)cc1. The van der Waals surface area contributed by atoms with Gasteiger partial charge in [0, 0.05) is 17.5 Å². The van der Waals surface area contributed by atoms with Crippen LogP contribution < -0.4 is 5.32 Å². The monoisotopic (exact) mass is 265 g/mol. The highest BCUT2D eigenvalue weighted by Gasteiger charge is 2.30. The van der Waals surface area contributed by atoms with Gasteiger partial charge in [0.1, 0.15) is 0 Å². The highest BCUT2D eigenvalue weighted by molar-refractivity contribution is 7.98. The molecule has 2 rings (SSSR count). The second-order valence-electron chi connectivity index (χ2n) is 5.31. The van der Waals surface area contributed by atoms with Crippen molar-refractivity contribution in [3.8, 4) is 0 Å². The van der Waals surface area contributed by atoms with Gasteiger partial charge in [-0.05, 0) is 43.7 Å². The van der Waals surface area contributed by atoms with Gasteiger partial charge in [0.25, 0.3) is 0 Å². The molecular weight excluding hydrogens is 242 g/mol. The van der Waals surface area contributed by atoms with Crippen molar-refractivity contribution in [3.05, 3.63) is 29.8 Å². The summed E-state index contributed by atoms with van der Waals surface area (Å²) in [4.78, 5) is 1.29. The summed E-state index contributed by atoms with van der Waals surface area (Å²) in [6.07, 6.45) is 6.30. The first-order valence-electron chi connectivity index (χ1n) is 6.73. The summed E-state index contributed by atoms with van der Waals surface area (Å²) in [5.74, 6) is 0. The second-order valence-corrected chi connectivity index (χ2v) is 6.19. The molecular formula is C15H23NOS. The van der Waals surface area contributed by atoms with Gasteiger partial charge in [-0.1, -0.05) is 25.0 Å². The van der Waals surface area contributed by atoms with Crippen LogP contribution in [0, 0.1) is 0 Å². The highest BCUT2D eigenvalue weighted by Crippen LogP contribution is 2.29. The van der Waals surface area contributed by atoms with Crippen LogP contribution in [-0.2, 0) is 0 Å². The van der Waals surface area contributed by atoms with Crippen molar-refractivity contribution < 1.29 is 5.11 Å². The van der Waals surface area contributed by atoms with E-state index in [1.54, 1.807) is 11.8 Å². The lowest BCUT2D eigenvalue weighted by Crippen LogP contribution is -2.39. The van der Waals surface area contributed by atoms with Gasteiger partial charge in [0.15, 0.2) is 0 Å². The van der Waals surface area contributed by atoms with Crippen molar-refractivity contribution in [1.82, 2.24) is 5.32 Å². The molecule has 0 amide bonds. The lowest BCUT2D eigenvalue weighted by molar-refractivity contribution is 0.0453. The highest BCUT2D eigenvalue weighted by atomic mass is 32.2. The van der Waals surface area contributed by atoms with Crippen molar-refractivity contribution >= 4 is 11.8 Å². The lowest BCUT2D eigenvalue weighted by Gasteiger charge is -2.25. The van der Waals surface area contributed by atoms with Crippen LogP contribution in [0.5, 0.6) is 0 Å². The van der Waals surface area contributed by atoms with E-state index < -0.39 is 5.60 Å². The molecule has 100 valence electrons. The summed E-state index contributed by atoms with van der Waals surface area (Å²) >= 11 is 1.76. The van der Waals surface area contributed by atoms with Gasteiger partial charge in [-0.25, -0.2) is 0 Å². The van der Waals surface area contributed by atoms with E-state index in [-0.39, 0.29) is 0 Å². The number of thioether (sulfide) groups is 1. The van der Waals surface area contributed by atoms with Crippen LogP contribution >= 0.6 is 11.8 Å². The van der Waals surface area contributed by atoms with Gasteiger partial charge < -0.3 is 10.4 Å². The topological polar surface area (TPSA) is 32.3 Å². The number of hydrogen-bond donors (Lipinski definition) is 2. The Labute approximate surface area is 114 Å². The third-order valence-electron chi connectivity index (χ3n) is 3.89. The first-order valence-corrected chi connectivity index (χ1v) is 7.95. The van der Waals surface area contributed by atoms with Crippen LogP contribution in [0.25, 0.3) is 0 Å². The molecule has 1 aromatic carbocycles. The Balaban J connectivity index is 1.88. The fraction of sp³-hybridized carbons (Fsp3) is 0.600. The quantitative estimate of drug-likeness (QED) is 0.801. The minimum Gasteiger partial charge on any atom is -0.389 e. The molecule has 2 N–H and O–H groups in total. The zero-order valence-corrected chi connectivity index (χ0v) is 12.1. The fourth-order valence-electron chi connectivity index (χ4n) is 2.56. The Hall–Kier alpha value is -0.510. The zero-order chi connectivity index (χ0) is 13.0. The first kappa shape index (κ1) is 13.9. The van der Waals surface area contributed by atoms with E-state index in [4.69, 9.17) is 0 Å². The first-order chi connectivity index (χ1) is 8.63. The van der Waals surface area contributed by atoms with Gasteiger partial charge >= 0.3 is 0 Å². The summed E-state index contributed by atoms with van der Waals surface area (Å²) in [5, 5.41) is 13.8. The van der Waals surface area contributed by atoms with Gasteiger partial charge in [-0.3, -0.25) is 0 Å². The summed E-state index contributed by atoms with van der Waals surface area (Å²) < 4.78 is 0. The molecule has 0 heterocycles. The summed E-state index contributed by atoms with van der Waals surface area (Å²) in [5.41, 5.74) is 0.822. The lowest BCUT2D eigenvalue weighted by atomic mass is 10.0. The molecule has 1 aliphatic rings. The third-order valence-corrected chi connectivity index (χ3v) is 4.63. The Morgan fingerprint density at radius 1 is 1.28 bits per heavy atom. The standard InChI is InChI=1S/C15H23NOS/c1-12(13-5-7-14(18-2)8-6-13)16-11-15(17)9-3-4-10-15/h5-8,12,16-17H,3-4,9-11H2,1-2H3. The maximum Gasteiger partial charge on any atom is 0.0771 e. The molecule has 1 aromatic rings. The molecule has 0 bridgehead atoms. The predicted octanol–water partition coefficient (Wildman–Crippen LogP) is 3.36. The van der Waals surface area contributed by atoms with Crippen molar-refractivity contribution in [2.24, 2.45) is 0 Å². The third kappa shape index (κ3) is 3.50. The van der Waals surface area contributed by atoms with Gasteiger partial charge in [-0.2, -0.15) is 0 Å². The molecule has 2 nitrogen and oxygen atoms in total. The van der Waals surface area contributed by atoms with E-state index in [1.807, 2.05) is 0 Å². The molecule has 0 radical (unpaired) electrons. The number of rotatable bonds is 5. The Bertz CT molecular complexity index is 371. The van der Waals surface area contributed by atoms with E-state index in [9.17, 15) is 5.11 Å². The number of aliphatic hydroxyl groups is 1. The smallest absolute Gasteiger partial charge is 0.0771 e. The zero-order valence-electron chi connectivity index (χ0n) is 11.3. The Kier molecular flexibility index (Phi) is 4.71. The molecule has 0 aliphatic heterocycles. The number of nitrogens with one attached hydrogen (secondary N) is 1. The van der Waals surface area contributed by atoms with E-state index >= 15 is 0 Å². The second kappa shape index (κ2) is 6.09. The van der Waals surface area contributed by atoms with E-state index in [2.05, 4.69) is 42.8 Å². The minimum absolute atomic E-state index is 0.297. The molecule has 1 unspecified atom stereocenters. The molecule has 0 aromatic heterocycles. The summed E-state index contributed by atoms with van der Waals surface area (Å²) in [7, 11) is 0. The molecule has 0 spiro atoms. The van der Waals surface area contributed by atoms with Gasteiger partial charge in [-0.15, -0.1) is 11.8 Å². The van der Waals surface area contributed by atoms with Crippen LogP contribution in [-0.4, -0.2) is 23.5 Å². The molecule has 1 fully saturated rings. The summed E-state index contributed by atoms with van der Waals surface area (Å²) in [6, 6.07) is 8.94. The minimum atomic E-state index is -0.465. The molecule has 1 saturated carbocycles. The van der Waals surface area contributed by atoms with Crippen molar-refractivity contribution in [3.63, 3.8) is 0 Å². The largest absolute Gasteiger partial charge is 0.389 e. The predicted molar refractivity (Wildman–Crippen MR) is 78.1 cm³/mol. The molecule has 0 saturated heterocycles. The maximum atomic E-state index is 10.3. The Morgan fingerprint density at radius 2 is 1.89 bits per heavy atom. The van der Waals surface area contributed by atoms with Gasteiger partial charge in [0.05, 0.1) is 5.60 Å². The molecule has 1 aliphatic carbocycles. The van der Waals surface area contributed by atoms with E-state index in [0.717, 1.165) is 25.7 Å². The van der Waals surface area contributed by atoms with Crippen molar-refractivity contribution in [2.45, 2.75) is 49.1 Å². The molecule has 3 heteroatoms. The average Bonchev–Trinajstić information content (AvgIpc) is 2.83. The molecule has 1 atom stereocenters. The van der Waals surface area contributed by atoms with Crippen LogP contribution in [0.1, 0.15) is 44.2 Å². The van der Waals surface area contributed by atoms with Crippen LogP contribution in [0.3, 0.4) is 0 Å². The van der Waals surface area contributed by atoms with Gasteiger partial charge in [0.2, 0.25) is 0 Å². The van der Waals surface area contributed by atoms with Crippen molar-refractivity contribution in [2.75, 3.05) is 12.8 Å². The van der Waals surface area contributed by atoms with Crippen molar-refractivity contribution in [1.29, 1.82) is 0 Å². The van der Waals surface area contributed by atoms with Crippen LogP contribution in [0.4, 0.5) is 0 Å². The number of benzene rings is 1. The average molecular weight is 265 g/mol. The maximum absolute atomic E-state index is 10.3. The fourth-order valence-corrected chi connectivity index (χ4v) is 2.97. The molecule has 18 heavy (non-hydrogen) atoms. The van der Waals surface area contributed by atoms with Crippen LogP contribution in [0.2, 0.25) is 0 Å². The normalized spacial score (nSPS) is 19.9. The van der Waals surface area contributed by atoms with E-state index in [0.29, 0.717) is 12.6 Å². The Morgan fingerprint density at radius 3 is 2.44 bits per heavy atom. The van der Waals surface area contributed by atoms with E-state index in [1.165, 1.54) is 10.5 Å². The van der Waals surface area contributed by atoms with Crippen LogP contribution in [0.15, 0.2) is 29.2 Å².